The van der Waals surface area contributed by atoms with Crippen LogP contribution in [0.15, 0.2) is 12.1 Å². The lowest BCUT2D eigenvalue weighted by Crippen LogP contribution is -2.10. The van der Waals surface area contributed by atoms with E-state index in [0.717, 1.165) is 0 Å². The van der Waals surface area contributed by atoms with Gasteiger partial charge in [0.25, 0.3) is 0 Å². The van der Waals surface area contributed by atoms with Gasteiger partial charge in [0.2, 0.25) is 0 Å². The number of hydrogen-bond acceptors (Lipinski definition) is 4. The standard InChI is InChI=1S/C8H9NO3/c9-4-3-12-8-6(11)2-1-5(10)7(4)8/h1-2,4,10-11H,3,9H2/t4-/m0/s1. The van der Waals surface area contributed by atoms with Crippen LogP contribution in [0.25, 0.3) is 0 Å². The van der Waals surface area contributed by atoms with Gasteiger partial charge < -0.3 is 20.7 Å². The van der Waals surface area contributed by atoms with E-state index in [2.05, 4.69) is 0 Å². The summed E-state index contributed by atoms with van der Waals surface area (Å²) in [5.41, 5.74) is 6.12. The van der Waals surface area contributed by atoms with Crippen LogP contribution in [-0.2, 0) is 0 Å². The summed E-state index contributed by atoms with van der Waals surface area (Å²) < 4.78 is 5.09. The van der Waals surface area contributed by atoms with E-state index >= 15 is 0 Å². The SMILES string of the molecule is N[C@H]1COc2c(O)ccc(O)c21. The Morgan fingerprint density at radius 1 is 1.33 bits per heavy atom. The molecular formula is C8H9NO3. The van der Waals surface area contributed by atoms with Gasteiger partial charge in [-0.05, 0) is 12.1 Å². The van der Waals surface area contributed by atoms with Crippen molar-refractivity contribution in [3.63, 3.8) is 0 Å². The van der Waals surface area contributed by atoms with Crippen LogP contribution in [0.2, 0.25) is 0 Å². The van der Waals surface area contributed by atoms with Crippen molar-refractivity contribution in [3.8, 4) is 17.2 Å². The quantitative estimate of drug-likeness (QED) is 0.491. The topological polar surface area (TPSA) is 75.7 Å². The molecular weight excluding hydrogens is 158 g/mol. The lowest BCUT2D eigenvalue weighted by molar-refractivity contribution is 0.317. The van der Waals surface area contributed by atoms with E-state index < -0.39 is 0 Å². The largest absolute Gasteiger partial charge is 0.507 e. The molecule has 0 spiro atoms. The van der Waals surface area contributed by atoms with Gasteiger partial charge in [-0.2, -0.15) is 0 Å². The molecule has 1 aliphatic rings. The molecule has 0 fully saturated rings. The molecule has 12 heavy (non-hydrogen) atoms. The van der Waals surface area contributed by atoms with E-state index in [1.807, 2.05) is 0 Å². The Balaban J connectivity index is 2.64. The Bertz CT molecular complexity index is 324. The summed E-state index contributed by atoms with van der Waals surface area (Å²) in [7, 11) is 0. The lowest BCUT2D eigenvalue weighted by atomic mass is 10.1. The van der Waals surface area contributed by atoms with Crippen LogP contribution in [0.1, 0.15) is 11.6 Å². The highest BCUT2D eigenvalue weighted by atomic mass is 16.5. The third-order valence-corrected chi connectivity index (χ3v) is 1.93. The number of phenolic OH excluding ortho intramolecular Hbond substituents is 2. The van der Waals surface area contributed by atoms with Gasteiger partial charge in [0.1, 0.15) is 12.4 Å². The van der Waals surface area contributed by atoms with E-state index in [1.54, 1.807) is 0 Å². The van der Waals surface area contributed by atoms with Gasteiger partial charge in [-0.25, -0.2) is 0 Å². The predicted molar refractivity (Wildman–Crippen MR) is 42.2 cm³/mol. The van der Waals surface area contributed by atoms with Crippen molar-refractivity contribution in [2.75, 3.05) is 6.61 Å². The molecule has 1 heterocycles. The van der Waals surface area contributed by atoms with Crippen molar-refractivity contribution >= 4 is 0 Å². The second-order valence-corrected chi connectivity index (χ2v) is 2.76. The minimum atomic E-state index is -0.341. The fourth-order valence-corrected chi connectivity index (χ4v) is 1.34. The fourth-order valence-electron chi connectivity index (χ4n) is 1.34. The zero-order valence-electron chi connectivity index (χ0n) is 6.32. The van der Waals surface area contributed by atoms with E-state index in [4.69, 9.17) is 10.5 Å². The summed E-state index contributed by atoms with van der Waals surface area (Å²) in [6.07, 6.45) is 0. The summed E-state index contributed by atoms with van der Waals surface area (Å²) in [5.74, 6) is 0.408. The fraction of sp³-hybridized carbons (Fsp3) is 0.250. The molecule has 0 saturated carbocycles. The number of fused-ring (bicyclic) bond motifs is 1. The maximum atomic E-state index is 9.36. The first-order valence-corrected chi connectivity index (χ1v) is 3.63. The van der Waals surface area contributed by atoms with Crippen LogP contribution in [-0.4, -0.2) is 16.8 Å². The molecule has 64 valence electrons. The average Bonchev–Trinajstić information content (AvgIpc) is 2.42. The molecule has 4 heteroatoms. The molecule has 4 N–H and O–H groups in total. The molecule has 0 unspecified atom stereocenters. The monoisotopic (exact) mass is 167 g/mol. The minimum absolute atomic E-state index is 0.0238. The molecule has 1 aromatic rings. The molecule has 0 aliphatic carbocycles. The van der Waals surface area contributed by atoms with Crippen molar-refractivity contribution in [2.24, 2.45) is 5.73 Å². The number of rotatable bonds is 0. The molecule has 1 aromatic carbocycles. The number of nitrogens with two attached hydrogens (primary N) is 1. The first-order valence-electron chi connectivity index (χ1n) is 3.63. The van der Waals surface area contributed by atoms with Crippen molar-refractivity contribution in [3.05, 3.63) is 17.7 Å². The number of phenols is 2. The second-order valence-electron chi connectivity index (χ2n) is 2.76. The van der Waals surface area contributed by atoms with Crippen LogP contribution in [0.5, 0.6) is 17.2 Å². The summed E-state index contributed by atoms with van der Waals surface area (Å²) in [4.78, 5) is 0. The van der Waals surface area contributed by atoms with E-state index in [9.17, 15) is 10.2 Å². The van der Waals surface area contributed by atoms with Crippen molar-refractivity contribution in [1.29, 1.82) is 0 Å². The van der Waals surface area contributed by atoms with E-state index in [0.29, 0.717) is 17.9 Å². The van der Waals surface area contributed by atoms with E-state index in [1.165, 1.54) is 12.1 Å². The predicted octanol–water partition coefficient (Wildman–Crippen LogP) is 0.490. The average molecular weight is 167 g/mol. The van der Waals surface area contributed by atoms with Gasteiger partial charge >= 0.3 is 0 Å². The van der Waals surface area contributed by atoms with Crippen molar-refractivity contribution in [2.45, 2.75) is 6.04 Å². The Kier molecular flexibility index (Phi) is 1.38. The molecule has 0 saturated heterocycles. The maximum Gasteiger partial charge on any atom is 0.169 e. The highest BCUT2D eigenvalue weighted by Gasteiger charge is 2.26. The zero-order chi connectivity index (χ0) is 8.72. The summed E-state index contributed by atoms with van der Waals surface area (Å²) >= 11 is 0. The van der Waals surface area contributed by atoms with Crippen LogP contribution in [0.4, 0.5) is 0 Å². The number of aromatic hydroxyl groups is 2. The third-order valence-electron chi connectivity index (χ3n) is 1.93. The van der Waals surface area contributed by atoms with Crippen LogP contribution in [0, 0.1) is 0 Å². The molecule has 0 bridgehead atoms. The third kappa shape index (κ3) is 0.816. The smallest absolute Gasteiger partial charge is 0.169 e. The Morgan fingerprint density at radius 2 is 2.00 bits per heavy atom. The number of benzene rings is 1. The van der Waals surface area contributed by atoms with Gasteiger partial charge in [-0.15, -0.1) is 0 Å². The summed E-state index contributed by atoms with van der Waals surface area (Å²) in [5, 5.41) is 18.6. The van der Waals surface area contributed by atoms with Crippen molar-refractivity contribution < 1.29 is 14.9 Å². The first-order chi connectivity index (χ1) is 5.70. The molecule has 1 atom stereocenters. The minimum Gasteiger partial charge on any atom is -0.507 e. The Morgan fingerprint density at radius 3 is 2.67 bits per heavy atom. The van der Waals surface area contributed by atoms with Crippen molar-refractivity contribution in [1.82, 2.24) is 0 Å². The first kappa shape index (κ1) is 7.24. The normalized spacial score (nSPS) is 20.2. The highest BCUT2D eigenvalue weighted by Crippen LogP contribution is 2.43. The Hall–Kier alpha value is -1.42. The van der Waals surface area contributed by atoms with Gasteiger partial charge in [0.15, 0.2) is 11.5 Å². The van der Waals surface area contributed by atoms with Crippen LogP contribution >= 0.6 is 0 Å². The van der Waals surface area contributed by atoms with Gasteiger partial charge in [-0.1, -0.05) is 0 Å². The zero-order valence-corrected chi connectivity index (χ0v) is 6.32. The number of hydrogen-bond donors (Lipinski definition) is 3. The van der Waals surface area contributed by atoms with E-state index in [-0.39, 0.29) is 17.5 Å². The molecule has 0 radical (unpaired) electrons. The second kappa shape index (κ2) is 2.28. The molecule has 4 nitrogen and oxygen atoms in total. The molecule has 0 amide bonds. The summed E-state index contributed by atoms with van der Waals surface area (Å²) in [6, 6.07) is 2.45. The molecule has 2 rings (SSSR count). The highest BCUT2D eigenvalue weighted by molar-refractivity contribution is 5.56. The van der Waals surface area contributed by atoms with Gasteiger partial charge in [-0.3, -0.25) is 0 Å². The molecule has 1 aliphatic heterocycles. The van der Waals surface area contributed by atoms with Gasteiger partial charge in [0, 0.05) is 0 Å². The van der Waals surface area contributed by atoms with Gasteiger partial charge in [0.05, 0.1) is 11.6 Å². The molecule has 0 aromatic heterocycles. The number of ether oxygens (including phenoxy) is 1. The van der Waals surface area contributed by atoms with Crippen LogP contribution in [0.3, 0.4) is 0 Å². The van der Waals surface area contributed by atoms with Crippen LogP contribution < -0.4 is 10.5 Å². The summed E-state index contributed by atoms with van der Waals surface area (Å²) in [6.45, 7) is 0.306. The Labute approximate surface area is 69.2 Å². The lowest BCUT2D eigenvalue weighted by Gasteiger charge is -2.04. The maximum absolute atomic E-state index is 9.36.